The van der Waals surface area contributed by atoms with Gasteiger partial charge in [-0.15, -0.1) is 0 Å². The number of aryl methyl sites for hydroxylation is 1. The Morgan fingerprint density at radius 3 is 2.85 bits per heavy atom. The Kier molecular flexibility index (Phi) is 8.06. The summed E-state index contributed by atoms with van der Waals surface area (Å²) in [5.41, 5.74) is 1.21. The predicted octanol–water partition coefficient (Wildman–Crippen LogP) is 1.91. The molecular formula is C32H43N5O4. The lowest BCUT2D eigenvalue weighted by atomic mass is 9.90. The van der Waals surface area contributed by atoms with Gasteiger partial charge in [0.05, 0.1) is 11.4 Å². The molecule has 5 aliphatic rings. The van der Waals surface area contributed by atoms with Crippen LogP contribution in [-0.2, 0) is 19.1 Å². The minimum Gasteiger partial charge on any atom is -0.471 e. The Morgan fingerprint density at radius 1 is 1.20 bits per heavy atom. The van der Waals surface area contributed by atoms with Crippen LogP contribution in [0.2, 0.25) is 0 Å². The lowest BCUT2D eigenvalue weighted by molar-refractivity contribution is -0.127. The molecule has 41 heavy (non-hydrogen) atoms. The second-order valence-electron chi connectivity index (χ2n) is 12.5. The number of pyridine rings is 1. The number of aromatic nitrogens is 1. The normalized spacial score (nSPS) is 28.1. The molecule has 2 fully saturated rings. The zero-order chi connectivity index (χ0) is 28.4. The Hall–Kier alpha value is -3.33. The molecule has 0 bridgehead atoms. The summed E-state index contributed by atoms with van der Waals surface area (Å²) in [4.78, 5) is 32.8. The molecule has 1 amide bonds. The van der Waals surface area contributed by atoms with Crippen LogP contribution in [0.5, 0.6) is 0 Å². The summed E-state index contributed by atoms with van der Waals surface area (Å²) in [5.74, 6) is 1.38. The minimum absolute atomic E-state index is 0.0686. The van der Waals surface area contributed by atoms with Crippen LogP contribution in [0.4, 0.5) is 0 Å². The highest BCUT2D eigenvalue weighted by atomic mass is 16.5. The number of hydrogen-bond donors (Lipinski definition) is 3. The van der Waals surface area contributed by atoms with E-state index in [0.29, 0.717) is 6.42 Å². The molecule has 4 heterocycles. The molecule has 0 aromatic carbocycles. The molecule has 1 saturated carbocycles. The van der Waals surface area contributed by atoms with Crippen LogP contribution in [0.25, 0.3) is 12.2 Å². The van der Waals surface area contributed by atoms with Crippen LogP contribution in [0.1, 0.15) is 63.5 Å². The van der Waals surface area contributed by atoms with Gasteiger partial charge in [-0.25, -0.2) is 0 Å². The maximum atomic E-state index is 13.5. The minimum atomic E-state index is -0.548. The van der Waals surface area contributed by atoms with Crippen LogP contribution < -0.4 is 26.5 Å². The van der Waals surface area contributed by atoms with Gasteiger partial charge < -0.3 is 30.3 Å². The first-order valence-electron chi connectivity index (χ1n) is 15.3. The van der Waals surface area contributed by atoms with E-state index in [1.807, 2.05) is 19.2 Å². The summed E-state index contributed by atoms with van der Waals surface area (Å²) >= 11 is 0. The van der Waals surface area contributed by atoms with E-state index in [2.05, 4.69) is 51.1 Å². The number of carbonyl (C=O) groups excluding carboxylic acids is 2. The highest BCUT2D eigenvalue weighted by Crippen LogP contribution is 2.59. The van der Waals surface area contributed by atoms with Gasteiger partial charge in [0.15, 0.2) is 12.0 Å². The number of nitrogens with one attached hydrogen (secondary N) is 3. The van der Waals surface area contributed by atoms with E-state index in [9.17, 15) is 9.59 Å². The maximum absolute atomic E-state index is 13.5. The van der Waals surface area contributed by atoms with Crippen molar-refractivity contribution >= 4 is 23.8 Å². The summed E-state index contributed by atoms with van der Waals surface area (Å²) in [6.07, 6.45) is 16.6. The first-order valence-corrected chi connectivity index (χ1v) is 15.3. The summed E-state index contributed by atoms with van der Waals surface area (Å²) in [7, 11) is 2.16. The van der Waals surface area contributed by atoms with E-state index in [0.717, 1.165) is 86.5 Å². The fourth-order valence-corrected chi connectivity index (χ4v) is 6.73. The van der Waals surface area contributed by atoms with Gasteiger partial charge in [0.25, 0.3) is 0 Å². The van der Waals surface area contributed by atoms with Crippen LogP contribution >= 0.6 is 0 Å². The fraction of sp³-hybridized carbons (Fsp3) is 0.594. The van der Waals surface area contributed by atoms with Gasteiger partial charge in [-0.05, 0) is 82.3 Å². The maximum Gasteiger partial charge on any atom is 0.228 e. The molecule has 2 aliphatic carbocycles. The average molecular weight is 562 g/mol. The van der Waals surface area contributed by atoms with E-state index in [4.69, 9.17) is 9.47 Å². The number of amides is 1. The Morgan fingerprint density at radius 2 is 2.05 bits per heavy atom. The summed E-state index contributed by atoms with van der Waals surface area (Å²) in [6, 6.07) is 4.01. The molecule has 1 aromatic rings. The number of unbranched alkanes of at least 4 members (excludes halogenated alkanes) is 2. The van der Waals surface area contributed by atoms with Crippen molar-refractivity contribution in [1.82, 2.24) is 25.8 Å². The highest BCUT2D eigenvalue weighted by molar-refractivity contribution is 5.83. The largest absolute Gasteiger partial charge is 0.471 e. The second-order valence-corrected chi connectivity index (χ2v) is 12.5. The van der Waals surface area contributed by atoms with E-state index in [1.165, 1.54) is 6.26 Å². The number of ketones is 1. The lowest BCUT2D eigenvalue weighted by Gasteiger charge is -2.30. The number of nitrogens with zero attached hydrogens (tertiary/aromatic N) is 2. The summed E-state index contributed by atoms with van der Waals surface area (Å²) in [6.45, 7) is 4.15. The van der Waals surface area contributed by atoms with Gasteiger partial charge >= 0.3 is 0 Å². The van der Waals surface area contributed by atoms with Crippen molar-refractivity contribution in [3.05, 3.63) is 52.8 Å². The van der Waals surface area contributed by atoms with Crippen LogP contribution in [0.15, 0.2) is 36.6 Å². The number of allylic oxidation sites excluding steroid dienone is 1. The van der Waals surface area contributed by atoms with Crippen molar-refractivity contribution in [3.63, 3.8) is 0 Å². The van der Waals surface area contributed by atoms with Crippen molar-refractivity contribution in [2.24, 2.45) is 17.3 Å². The molecule has 1 saturated heterocycles. The number of fused-ring (bicyclic) bond motifs is 1. The third-order valence-electron chi connectivity index (χ3n) is 9.50. The van der Waals surface area contributed by atoms with Crippen molar-refractivity contribution in [2.45, 2.75) is 83.2 Å². The SMILES string of the molecule is Cc1ccc2c(n1)=CCC(C1=CNC([C@H](CCCCCC(=O)C3NC=CO3)NC(=O)[C@H]3CC34CCN(C)CC4)O1)C=2. The molecule has 220 valence electrons. The van der Waals surface area contributed by atoms with Gasteiger partial charge in [0.1, 0.15) is 12.0 Å². The first kappa shape index (κ1) is 27.8. The fourth-order valence-electron chi connectivity index (χ4n) is 6.73. The van der Waals surface area contributed by atoms with Crippen molar-refractivity contribution in [1.29, 1.82) is 0 Å². The molecule has 1 aromatic heterocycles. The quantitative estimate of drug-likeness (QED) is 0.352. The number of ether oxygens (including phenoxy) is 2. The number of Topliss-reactive ketones (excluding diaryl/α,β-unsaturated/α-hetero) is 1. The molecule has 5 atom stereocenters. The molecule has 3 N–H and O–H groups in total. The van der Waals surface area contributed by atoms with E-state index >= 15 is 0 Å². The van der Waals surface area contributed by atoms with Crippen molar-refractivity contribution in [2.75, 3.05) is 20.1 Å². The molecular weight excluding hydrogens is 518 g/mol. The molecule has 0 radical (unpaired) electrons. The smallest absolute Gasteiger partial charge is 0.228 e. The number of rotatable bonds is 11. The van der Waals surface area contributed by atoms with E-state index in [-0.39, 0.29) is 41.2 Å². The molecule has 9 nitrogen and oxygen atoms in total. The second kappa shape index (κ2) is 11.9. The topological polar surface area (TPSA) is 105 Å². The first-order chi connectivity index (χ1) is 19.9. The highest BCUT2D eigenvalue weighted by Gasteiger charge is 2.58. The Labute approximate surface area is 242 Å². The zero-order valence-electron chi connectivity index (χ0n) is 24.2. The molecule has 6 rings (SSSR count). The van der Waals surface area contributed by atoms with Crippen LogP contribution in [0, 0.1) is 24.2 Å². The lowest BCUT2D eigenvalue weighted by Crippen LogP contribution is -2.49. The van der Waals surface area contributed by atoms with Gasteiger partial charge in [-0.3, -0.25) is 14.6 Å². The summed E-state index contributed by atoms with van der Waals surface area (Å²) < 4.78 is 11.7. The number of piperidine rings is 1. The number of likely N-dealkylation sites (tertiary alicyclic amines) is 1. The third-order valence-corrected chi connectivity index (χ3v) is 9.50. The van der Waals surface area contributed by atoms with Gasteiger partial charge in [-0.2, -0.15) is 0 Å². The third kappa shape index (κ3) is 6.30. The standard InChI is InChI=1S/C32H43N5O4/c1-21-8-9-22-18-23(10-11-25(22)35-21)28-20-34-30(41-28)26(6-4-3-5-7-27(38)31-33-14-17-40-31)36-29(39)24-19-32(24)12-15-37(2)16-13-32/h8-9,11,14,17-18,20,23-24,26,30-31,33-34H,3-7,10,12-13,15-16,19H2,1-2H3,(H,36,39)/t23?,24-,26+,30?,31?/m1/s1. The summed E-state index contributed by atoms with van der Waals surface area (Å²) in [5, 5.41) is 11.9. The van der Waals surface area contributed by atoms with Crippen molar-refractivity contribution in [3.8, 4) is 0 Å². The van der Waals surface area contributed by atoms with E-state index in [1.54, 1.807) is 6.20 Å². The number of hydrogen-bond acceptors (Lipinski definition) is 8. The Balaban J connectivity index is 1.05. The van der Waals surface area contributed by atoms with Crippen LogP contribution in [0.3, 0.4) is 0 Å². The van der Waals surface area contributed by atoms with Crippen molar-refractivity contribution < 1.29 is 19.1 Å². The molecule has 1 spiro atoms. The molecule has 3 unspecified atom stereocenters. The van der Waals surface area contributed by atoms with Gasteiger partial charge in [0, 0.05) is 36.4 Å². The van der Waals surface area contributed by atoms with Gasteiger partial charge in [0.2, 0.25) is 12.1 Å². The van der Waals surface area contributed by atoms with E-state index < -0.39 is 6.23 Å². The Bertz CT molecular complexity index is 1320. The van der Waals surface area contributed by atoms with Gasteiger partial charge in [-0.1, -0.05) is 31.1 Å². The van der Waals surface area contributed by atoms with Crippen LogP contribution in [-0.4, -0.2) is 60.2 Å². The predicted molar refractivity (Wildman–Crippen MR) is 156 cm³/mol. The monoisotopic (exact) mass is 561 g/mol. The molecule has 9 heteroatoms. The number of carbonyl (C=O) groups is 2. The zero-order valence-corrected chi connectivity index (χ0v) is 24.2. The average Bonchev–Trinajstić information content (AvgIpc) is 3.33. The molecule has 3 aliphatic heterocycles.